The summed E-state index contributed by atoms with van der Waals surface area (Å²) in [5.74, 6) is 0.246. The van der Waals surface area contributed by atoms with Gasteiger partial charge in [-0.15, -0.1) is 0 Å². The monoisotopic (exact) mass is 293 g/mol. The number of aryl methyl sites for hydroxylation is 1. The molecule has 0 aliphatic carbocycles. The summed E-state index contributed by atoms with van der Waals surface area (Å²) >= 11 is 0. The number of nitrogens with two attached hydrogens (primary N) is 1. The van der Waals surface area contributed by atoms with Crippen LogP contribution in [0.2, 0.25) is 0 Å². The minimum Gasteiger partial charge on any atom is -0.383 e. The number of nitrogens with zero attached hydrogens (tertiary/aromatic N) is 2. The maximum atomic E-state index is 13.9. The summed E-state index contributed by atoms with van der Waals surface area (Å²) in [5.41, 5.74) is 6.60. The summed E-state index contributed by atoms with van der Waals surface area (Å²) in [4.78, 5) is 4.46. The third-order valence-corrected chi connectivity index (χ3v) is 3.48. The topological polar surface area (TPSA) is 43.8 Å². The second-order valence-electron chi connectivity index (χ2n) is 5.14. The standard InChI is InChI=1S/C16H21F2N3/c1-3-5-9-21-14(6-4-2)20-15(16(21)19)12-10-11(17)7-8-13(12)18/h7-8,10H,3-6,9,19H2,1-2H3. The molecule has 0 saturated carbocycles. The lowest BCUT2D eigenvalue weighted by molar-refractivity contribution is 0.602. The molecule has 114 valence electrons. The summed E-state index contributed by atoms with van der Waals surface area (Å²) in [7, 11) is 0. The number of rotatable bonds is 6. The minimum absolute atomic E-state index is 0.125. The largest absolute Gasteiger partial charge is 0.383 e. The predicted octanol–water partition coefficient (Wildman–Crippen LogP) is 4.16. The molecule has 0 aliphatic heterocycles. The van der Waals surface area contributed by atoms with E-state index in [-0.39, 0.29) is 5.56 Å². The number of aromatic nitrogens is 2. The van der Waals surface area contributed by atoms with Crippen LogP contribution in [0.4, 0.5) is 14.6 Å². The Morgan fingerprint density at radius 3 is 2.62 bits per heavy atom. The van der Waals surface area contributed by atoms with Gasteiger partial charge < -0.3 is 10.3 Å². The molecule has 2 aromatic rings. The fourth-order valence-electron chi connectivity index (χ4n) is 2.37. The summed E-state index contributed by atoms with van der Waals surface area (Å²) < 4.78 is 29.2. The molecule has 2 N–H and O–H groups in total. The Balaban J connectivity index is 2.51. The average Bonchev–Trinajstić information content (AvgIpc) is 2.76. The first-order valence-electron chi connectivity index (χ1n) is 7.38. The normalized spacial score (nSPS) is 11.0. The Morgan fingerprint density at radius 2 is 1.95 bits per heavy atom. The molecule has 0 aliphatic rings. The van der Waals surface area contributed by atoms with Gasteiger partial charge >= 0.3 is 0 Å². The van der Waals surface area contributed by atoms with Crippen LogP contribution in [0, 0.1) is 11.6 Å². The number of nitrogen functional groups attached to an aromatic ring is 1. The van der Waals surface area contributed by atoms with E-state index in [1.54, 1.807) is 0 Å². The van der Waals surface area contributed by atoms with E-state index < -0.39 is 11.6 Å². The fourth-order valence-corrected chi connectivity index (χ4v) is 2.37. The molecule has 0 bridgehead atoms. The zero-order valence-electron chi connectivity index (χ0n) is 12.5. The maximum Gasteiger partial charge on any atom is 0.132 e. The molecule has 1 heterocycles. The number of imidazole rings is 1. The second-order valence-corrected chi connectivity index (χ2v) is 5.14. The smallest absolute Gasteiger partial charge is 0.132 e. The quantitative estimate of drug-likeness (QED) is 0.869. The third-order valence-electron chi connectivity index (χ3n) is 3.48. The van der Waals surface area contributed by atoms with E-state index in [2.05, 4.69) is 18.8 Å². The van der Waals surface area contributed by atoms with E-state index in [4.69, 9.17) is 5.73 Å². The van der Waals surface area contributed by atoms with Gasteiger partial charge in [-0.25, -0.2) is 13.8 Å². The summed E-state index contributed by atoms with van der Waals surface area (Å²) in [5, 5.41) is 0. The number of anilines is 1. The van der Waals surface area contributed by atoms with Crippen LogP contribution in [0.1, 0.15) is 38.9 Å². The van der Waals surface area contributed by atoms with Crippen molar-refractivity contribution in [3.63, 3.8) is 0 Å². The van der Waals surface area contributed by atoms with Crippen LogP contribution in [-0.2, 0) is 13.0 Å². The van der Waals surface area contributed by atoms with Crippen molar-refractivity contribution in [3.05, 3.63) is 35.7 Å². The van der Waals surface area contributed by atoms with Crippen LogP contribution < -0.4 is 5.73 Å². The Bertz CT molecular complexity index is 620. The molecule has 3 nitrogen and oxygen atoms in total. The lowest BCUT2D eigenvalue weighted by Crippen LogP contribution is -2.07. The Labute approximate surface area is 123 Å². The summed E-state index contributed by atoms with van der Waals surface area (Å²) in [6.45, 7) is 4.90. The van der Waals surface area contributed by atoms with Gasteiger partial charge in [-0.05, 0) is 31.0 Å². The van der Waals surface area contributed by atoms with Gasteiger partial charge in [-0.3, -0.25) is 0 Å². The Morgan fingerprint density at radius 1 is 1.19 bits per heavy atom. The number of halogens is 2. The molecule has 0 atom stereocenters. The van der Waals surface area contributed by atoms with E-state index in [9.17, 15) is 8.78 Å². The number of benzene rings is 1. The highest BCUT2D eigenvalue weighted by Gasteiger charge is 2.18. The Kier molecular flexibility index (Phi) is 4.94. The van der Waals surface area contributed by atoms with Gasteiger partial charge in [0.1, 0.15) is 29.0 Å². The van der Waals surface area contributed by atoms with E-state index in [1.807, 2.05) is 4.57 Å². The number of hydrogen-bond donors (Lipinski definition) is 1. The number of hydrogen-bond acceptors (Lipinski definition) is 2. The molecule has 0 spiro atoms. The van der Waals surface area contributed by atoms with Crippen molar-refractivity contribution in [2.75, 3.05) is 5.73 Å². The van der Waals surface area contributed by atoms with Crippen molar-refractivity contribution in [1.82, 2.24) is 9.55 Å². The second kappa shape index (κ2) is 6.70. The van der Waals surface area contributed by atoms with Crippen LogP contribution in [-0.4, -0.2) is 9.55 Å². The zero-order valence-corrected chi connectivity index (χ0v) is 12.5. The van der Waals surface area contributed by atoms with Crippen molar-refractivity contribution in [3.8, 4) is 11.3 Å². The molecule has 2 rings (SSSR count). The fraction of sp³-hybridized carbons (Fsp3) is 0.438. The van der Waals surface area contributed by atoms with Crippen molar-refractivity contribution in [1.29, 1.82) is 0 Å². The first-order chi connectivity index (χ1) is 10.1. The van der Waals surface area contributed by atoms with E-state index >= 15 is 0 Å². The first kappa shape index (κ1) is 15.5. The highest BCUT2D eigenvalue weighted by Crippen LogP contribution is 2.30. The van der Waals surface area contributed by atoms with Crippen LogP contribution in [0.15, 0.2) is 18.2 Å². The van der Waals surface area contributed by atoms with Crippen molar-refractivity contribution >= 4 is 5.82 Å². The number of unbranched alkanes of at least 4 members (excludes halogenated alkanes) is 1. The van der Waals surface area contributed by atoms with Crippen LogP contribution >= 0.6 is 0 Å². The van der Waals surface area contributed by atoms with Crippen LogP contribution in [0.3, 0.4) is 0 Å². The predicted molar refractivity (Wildman–Crippen MR) is 80.9 cm³/mol. The molecular weight excluding hydrogens is 272 g/mol. The molecule has 0 fully saturated rings. The summed E-state index contributed by atoms with van der Waals surface area (Å²) in [6, 6.07) is 3.35. The van der Waals surface area contributed by atoms with Crippen LogP contribution in [0.25, 0.3) is 11.3 Å². The van der Waals surface area contributed by atoms with Crippen molar-refractivity contribution in [2.24, 2.45) is 0 Å². The lowest BCUT2D eigenvalue weighted by Gasteiger charge is -2.08. The molecular formula is C16H21F2N3. The molecule has 1 aromatic carbocycles. The average molecular weight is 293 g/mol. The van der Waals surface area contributed by atoms with Gasteiger partial charge in [0, 0.05) is 18.5 Å². The molecule has 0 amide bonds. The maximum absolute atomic E-state index is 13.9. The molecule has 0 radical (unpaired) electrons. The molecule has 21 heavy (non-hydrogen) atoms. The van der Waals surface area contributed by atoms with Gasteiger partial charge in [0.25, 0.3) is 0 Å². The van der Waals surface area contributed by atoms with Gasteiger partial charge in [0.15, 0.2) is 0 Å². The van der Waals surface area contributed by atoms with E-state index in [0.717, 1.165) is 56.3 Å². The zero-order chi connectivity index (χ0) is 15.4. The highest BCUT2D eigenvalue weighted by atomic mass is 19.1. The SMILES string of the molecule is CCCCn1c(CCC)nc(-c2cc(F)ccc2F)c1N. The highest BCUT2D eigenvalue weighted by molar-refractivity contribution is 5.71. The first-order valence-corrected chi connectivity index (χ1v) is 7.38. The minimum atomic E-state index is -0.508. The van der Waals surface area contributed by atoms with Crippen molar-refractivity contribution < 1.29 is 8.78 Å². The van der Waals surface area contributed by atoms with Gasteiger partial charge in [0.2, 0.25) is 0 Å². The molecule has 0 unspecified atom stereocenters. The molecule has 1 aromatic heterocycles. The Hall–Kier alpha value is -1.91. The van der Waals surface area contributed by atoms with Gasteiger partial charge in [-0.1, -0.05) is 20.3 Å². The van der Waals surface area contributed by atoms with Crippen molar-refractivity contribution in [2.45, 2.75) is 46.1 Å². The van der Waals surface area contributed by atoms with Crippen LogP contribution in [0.5, 0.6) is 0 Å². The third kappa shape index (κ3) is 3.23. The van der Waals surface area contributed by atoms with Gasteiger partial charge in [-0.2, -0.15) is 0 Å². The summed E-state index contributed by atoms with van der Waals surface area (Å²) in [6.07, 6.45) is 3.70. The van der Waals surface area contributed by atoms with E-state index in [0.29, 0.717) is 11.5 Å². The van der Waals surface area contributed by atoms with Gasteiger partial charge in [0.05, 0.1) is 0 Å². The molecule has 5 heteroatoms. The lowest BCUT2D eigenvalue weighted by atomic mass is 10.1. The molecule has 0 saturated heterocycles. The van der Waals surface area contributed by atoms with E-state index in [1.165, 1.54) is 0 Å².